The van der Waals surface area contributed by atoms with E-state index in [4.69, 9.17) is 9.47 Å². The molecule has 1 aromatic carbocycles. The molecular weight excluding hydrogens is 666 g/mol. The molecule has 1 N–H and O–H groups in total. The number of hydrogen-bond donors (Lipinski definition) is 1. The molecule has 3 amide bonds. The summed E-state index contributed by atoms with van der Waals surface area (Å²) in [5, 5.41) is 10.0. The average molecular weight is 715 g/mol. The van der Waals surface area contributed by atoms with Crippen LogP contribution in [0.25, 0.3) is 0 Å². The van der Waals surface area contributed by atoms with E-state index in [0.29, 0.717) is 24.9 Å². The van der Waals surface area contributed by atoms with Gasteiger partial charge in [-0.15, -0.1) is 13.2 Å². The van der Waals surface area contributed by atoms with Crippen molar-refractivity contribution in [1.82, 2.24) is 14.7 Å². The number of nitrogens with zero attached hydrogens (tertiary/aromatic N) is 3. The predicted molar refractivity (Wildman–Crippen MR) is 180 cm³/mol. The summed E-state index contributed by atoms with van der Waals surface area (Å²) in [6.07, 6.45) is 7.98. The summed E-state index contributed by atoms with van der Waals surface area (Å²) >= 11 is 3.73. The van der Waals surface area contributed by atoms with Gasteiger partial charge in [0.1, 0.15) is 17.7 Å². The average Bonchev–Trinajstić information content (AvgIpc) is 3.68. The van der Waals surface area contributed by atoms with Crippen LogP contribution < -0.4 is 0 Å². The van der Waals surface area contributed by atoms with Crippen LogP contribution in [-0.4, -0.2) is 105 Å². The molecule has 4 aliphatic rings. The van der Waals surface area contributed by atoms with E-state index < -0.39 is 47.7 Å². The van der Waals surface area contributed by atoms with Gasteiger partial charge >= 0.3 is 5.97 Å². The molecule has 5 rings (SSSR count). The minimum absolute atomic E-state index is 0.0224. The Labute approximate surface area is 286 Å². The van der Waals surface area contributed by atoms with Crippen LogP contribution in [0.2, 0.25) is 0 Å². The second-order valence-electron chi connectivity index (χ2n) is 13.3. The zero-order valence-electron chi connectivity index (χ0n) is 27.5. The zero-order valence-corrected chi connectivity index (χ0v) is 29.1. The van der Waals surface area contributed by atoms with Crippen LogP contribution >= 0.6 is 15.9 Å². The molecule has 0 aromatic heterocycles. The normalized spacial score (nSPS) is 29.6. The molecule has 10 nitrogen and oxygen atoms in total. The maximum atomic E-state index is 14.6. The second-order valence-corrected chi connectivity index (χ2v) is 14.5. The minimum atomic E-state index is -1.26. The minimum Gasteiger partial charge on any atom is -0.455 e. The third-order valence-corrected chi connectivity index (χ3v) is 11.5. The number of carbonyl (C=O) groups is 4. The molecule has 1 saturated carbocycles. The summed E-state index contributed by atoms with van der Waals surface area (Å²) < 4.78 is 13.0. The molecule has 11 heteroatoms. The number of amides is 3. The topological polar surface area (TPSA) is 117 Å². The van der Waals surface area contributed by atoms with Crippen molar-refractivity contribution < 1.29 is 33.8 Å². The van der Waals surface area contributed by atoms with Crippen molar-refractivity contribution in [1.29, 1.82) is 0 Å². The van der Waals surface area contributed by atoms with E-state index in [2.05, 4.69) is 29.1 Å². The summed E-state index contributed by atoms with van der Waals surface area (Å²) in [7, 11) is 1.69. The highest BCUT2D eigenvalue weighted by Gasteiger charge is 2.77. The monoisotopic (exact) mass is 713 g/mol. The maximum absolute atomic E-state index is 14.6. The lowest BCUT2D eigenvalue weighted by molar-refractivity contribution is -0.164. The van der Waals surface area contributed by atoms with E-state index in [-0.39, 0.29) is 48.2 Å². The van der Waals surface area contributed by atoms with Crippen molar-refractivity contribution in [2.75, 3.05) is 26.7 Å². The number of β-amino-alcohol motifs (C(OH)–C–C–N with tert-alkyl or cyclic N) is 1. The van der Waals surface area contributed by atoms with Gasteiger partial charge in [0.05, 0.1) is 30.6 Å². The predicted octanol–water partition coefficient (Wildman–Crippen LogP) is 4.17. The number of allylic oxidation sites excluding steroid dienone is 1. The van der Waals surface area contributed by atoms with Gasteiger partial charge in [0.2, 0.25) is 17.7 Å². The first kappa shape index (κ1) is 35.3. The molecule has 1 unspecified atom stereocenters. The van der Waals surface area contributed by atoms with Crippen molar-refractivity contribution in [3.05, 3.63) is 61.2 Å². The first-order valence-corrected chi connectivity index (χ1v) is 17.8. The fraction of sp³-hybridized carbons (Fsp3) is 0.611. The highest BCUT2D eigenvalue weighted by atomic mass is 79.9. The Bertz CT molecular complexity index is 1340. The first-order chi connectivity index (χ1) is 22.6. The summed E-state index contributed by atoms with van der Waals surface area (Å²) in [6.45, 7) is 9.39. The zero-order chi connectivity index (χ0) is 33.9. The molecular formula is C36H48BrN3O7. The fourth-order valence-corrected chi connectivity index (χ4v) is 9.20. The third kappa shape index (κ3) is 6.55. The molecule has 1 aliphatic carbocycles. The molecule has 4 fully saturated rings. The Morgan fingerprint density at radius 2 is 1.87 bits per heavy atom. The van der Waals surface area contributed by atoms with Gasteiger partial charge in [-0.1, -0.05) is 77.7 Å². The summed E-state index contributed by atoms with van der Waals surface area (Å²) in [6, 6.07) is 7.76. The van der Waals surface area contributed by atoms with E-state index in [1.165, 1.54) is 4.90 Å². The molecule has 8 atom stereocenters. The maximum Gasteiger partial charge on any atom is 0.313 e. The van der Waals surface area contributed by atoms with Crippen molar-refractivity contribution in [3.8, 4) is 0 Å². The number of hydrogen-bond acceptors (Lipinski definition) is 7. The number of ether oxygens (including phenoxy) is 2. The number of aliphatic hydroxyl groups is 1. The van der Waals surface area contributed by atoms with Gasteiger partial charge < -0.3 is 29.3 Å². The van der Waals surface area contributed by atoms with Gasteiger partial charge in [-0.25, -0.2) is 0 Å². The fourth-order valence-electron chi connectivity index (χ4n) is 8.26. The molecule has 1 aromatic rings. The van der Waals surface area contributed by atoms with Gasteiger partial charge in [-0.3, -0.25) is 19.2 Å². The Morgan fingerprint density at radius 3 is 2.51 bits per heavy atom. The Hall–Kier alpha value is -3.02. The Kier molecular flexibility index (Phi) is 11.3. The number of aliphatic hydroxyl groups excluding tert-OH is 1. The lowest BCUT2D eigenvalue weighted by Gasteiger charge is -2.40. The summed E-state index contributed by atoms with van der Waals surface area (Å²) in [5.74, 6) is -3.27. The highest BCUT2D eigenvalue weighted by Crippen LogP contribution is 2.60. The van der Waals surface area contributed by atoms with Crippen LogP contribution in [0.4, 0.5) is 0 Å². The van der Waals surface area contributed by atoms with Gasteiger partial charge in [0.25, 0.3) is 0 Å². The lowest BCUT2D eigenvalue weighted by Crippen LogP contribution is -2.59. The third-order valence-electron chi connectivity index (χ3n) is 10.6. The molecule has 256 valence electrons. The number of likely N-dealkylation sites (N-methyl/N-ethyl adjacent to an activating group) is 1. The largest absolute Gasteiger partial charge is 0.455 e. The molecule has 2 bridgehead atoms. The molecule has 3 aliphatic heterocycles. The Morgan fingerprint density at radius 1 is 1.17 bits per heavy atom. The van der Waals surface area contributed by atoms with Gasteiger partial charge in [0, 0.05) is 37.4 Å². The number of likely N-dealkylation sites (tertiary alicyclic amines) is 1. The molecule has 3 saturated heterocycles. The van der Waals surface area contributed by atoms with Crippen LogP contribution in [0.1, 0.15) is 70.0 Å². The molecule has 0 radical (unpaired) electrons. The SMILES string of the molecule is C=CCCC(=O)N(C)[C@H](C)[C@H](OC(=O)[C@H]1[C@@H]2O[C@@]3(CC2Br)[C@@H]1C(=O)N(CCO)[C@@H]3C(=O)N(CC=C)C1CCCCC1)c1ccccc1. The number of carbonyl (C=O) groups excluding carboxylic acids is 4. The molecule has 1 spiro atoms. The number of halogens is 1. The smallest absolute Gasteiger partial charge is 0.313 e. The van der Waals surface area contributed by atoms with Crippen LogP contribution in [0.15, 0.2) is 55.6 Å². The van der Waals surface area contributed by atoms with Crippen LogP contribution in [0.5, 0.6) is 0 Å². The number of benzene rings is 1. The molecule has 47 heavy (non-hydrogen) atoms. The van der Waals surface area contributed by atoms with Crippen molar-refractivity contribution in [2.45, 2.75) is 99.1 Å². The standard InChI is InChI=1S/C36H48BrN3O7/c1-5-7-18-27(42)38(4)23(3)30(24-14-10-8-11-15-24)46-35(45)28-29-33(43)40(20-21-41)32(36(29)22-26(37)31(28)47-36)34(44)39(19-6-2)25-16-12-9-13-17-25/h5-6,8,10-11,14-15,23,25-26,28-32,41H,1-2,7,9,12-13,16-22H2,3-4H3/t23-,26?,28-,29+,30+,31-,32-,36+/m1/s1. The highest BCUT2D eigenvalue weighted by molar-refractivity contribution is 9.09. The summed E-state index contributed by atoms with van der Waals surface area (Å²) in [4.78, 5) is 60.8. The van der Waals surface area contributed by atoms with Crippen LogP contribution in [-0.2, 0) is 28.7 Å². The quantitative estimate of drug-likeness (QED) is 0.175. The number of fused-ring (bicyclic) bond motifs is 1. The van der Waals surface area contributed by atoms with E-state index in [9.17, 15) is 24.3 Å². The second kappa shape index (κ2) is 15.0. The van der Waals surface area contributed by atoms with Crippen LogP contribution in [0.3, 0.4) is 0 Å². The number of esters is 1. The van der Waals surface area contributed by atoms with Crippen LogP contribution in [0, 0.1) is 11.8 Å². The molecule has 3 heterocycles. The van der Waals surface area contributed by atoms with E-state index in [0.717, 1.165) is 32.1 Å². The van der Waals surface area contributed by atoms with Crippen molar-refractivity contribution in [2.24, 2.45) is 11.8 Å². The van der Waals surface area contributed by atoms with Gasteiger partial charge in [0.15, 0.2) is 0 Å². The van der Waals surface area contributed by atoms with E-state index >= 15 is 0 Å². The summed E-state index contributed by atoms with van der Waals surface area (Å²) in [5.41, 5.74) is -0.545. The number of rotatable bonds is 14. The Balaban J connectivity index is 1.47. The first-order valence-electron chi connectivity index (χ1n) is 16.9. The van der Waals surface area contributed by atoms with E-state index in [1.807, 2.05) is 42.2 Å². The lowest BCUT2D eigenvalue weighted by atomic mass is 9.70. The van der Waals surface area contributed by atoms with E-state index in [1.54, 1.807) is 24.1 Å². The number of alkyl halides is 1. The van der Waals surface area contributed by atoms with Gasteiger partial charge in [-0.2, -0.15) is 0 Å². The van der Waals surface area contributed by atoms with Crippen molar-refractivity contribution >= 4 is 39.6 Å². The van der Waals surface area contributed by atoms with Gasteiger partial charge in [-0.05, 0) is 38.2 Å². The van der Waals surface area contributed by atoms with Crippen molar-refractivity contribution in [3.63, 3.8) is 0 Å².